The number of hydrogen-bond acceptors (Lipinski definition) is 2. The van der Waals surface area contributed by atoms with Crippen molar-refractivity contribution < 1.29 is 9.53 Å². The van der Waals surface area contributed by atoms with Crippen LogP contribution >= 0.6 is 0 Å². The molecular weight excluding hydrogens is 502 g/mol. The number of rotatable bonds is 6. The fourth-order valence-corrected chi connectivity index (χ4v) is 6.92. The van der Waals surface area contributed by atoms with Crippen LogP contribution in [0.2, 0.25) is 0 Å². The van der Waals surface area contributed by atoms with E-state index in [4.69, 9.17) is 4.74 Å². The zero-order chi connectivity index (χ0) is 27.8. The van der Waals surface area contributed by atoms with Gasteiger partial charge in [-0.25, -0.2) is 0 Å². The van der Waals surface area contributed by atoms with E-state index in [2.05, 4.69) is 120 Å². The van der Waals surface area contributed by atoms with Crippen LogP contribution < -0.4 is 4.74 Å². The summed E-state index contributed by atoms with van der Waals surface area (Å²) in [5.41, 5.74) is 5.90. The summed E-state index contributed by atoms with van der Waals surface area (Å²) in [5, 5.41) is 2.43. The van der Waals surface area contributed by atoms with Crippen LogP contribution in [0.15, 0.2) is 133 Å². The first kappa shape index (κ1) is 25.3. The molecule has 7 rings (SSSR count). The Hall–Kier alpha value is -4.63. The maximum Gasteiger partial charge on any atom is 0.227 e. The largest absolute Gasteiger partial charge is 0.497 e. The fourth-order valence-electron chi connectivity index (χ4n) is 6.92. The number of methoxy groups -OCH3 is 1. The molecule has 3 heteroatoms. The normalized spacial score (nSPS) is 21.7. The lowest BCUT2D eigenvalue weighted by molar-refractivity contribution is -0.133. The van der Waals surface area contributed by atoms with Gasteiger partial charge in [-0.1, -0.05) is 115 Å². The summed E-state index contributed by atoms with van der Waals surface area (Å²) < 4.78 is 5.36. The molecule has 0 saturated carbocycles. The van der Waals surface area contributed by atoms with Crippen molar-refractivity contribution in [2.45, 2.75) is 24.9 Å². The van der Waals surface area contributed by atoms with Crippen LogP contribution in [0.5, 0.6) is 5.75 Å². The molecule has 0 radical (unpaired) electrons. The van der Waals surface area contributed by atoms with E-state index in [-0.39, 0.29) is 29.7 Å². The second kappa shape index (κ2) is 10.7. The lowest BCUT2D eigenvalue weighted by atomic mass is 9.71. The molecule has 1 aliphatic heterocycles. The average molecular weight is 536 g/mol. The maximum absolute atomic E-state index is 14.5. The highest BCUT2D eigenvalue weighted by molar-refractivity contribution is 5.86. The van der Waals surface area contributed by atoms with E-state index in [1.54, 1.807) is 7.11 Å². The van der Waals surface area contributed by atoms with Crippen LogP contribution in [0, 0.1) is 11.8 Å². The summed E-state index contributed by atoms with van der Waals surface area (Å²) in [4.78, 5) is 16.6. The van der Waals surface area contributed by atoms with Crippen LogP contribution in [0.3, 0.4) is 0 Å². The summed E-state index contributed by atoms with van der Waals surface area (Å²) >= 11 is 0. The zero-order valence-corrected chi connectivity index (χ0v) is 23.2. The van der Waals surface area contributed by atoms with Crippen molar-refractivity contribution in [3.05, 3.63) is 150 Å². The van der Waals surface area contributed by atoms with E-state index in [1.165, 1.54) is 21.9 Å². The van der Waals surface area contributed by atoms with E-state index >= 15 is 0 Å². The first-order valence-corrected chi connectivity index (χ1v) is 14.4. The predicted molar refractivity (Wildman–Crippen MR) is 166 cm³/mol. The van der Waals surface area contributed by atoms with Crippen LogP contribution in [-0.2, 0) is 11.3 Å². The third-order valence-corrected chi connectivity index (χ3v) is 8.91. The van der Waals surface area contributed by atoms with E-state index in [9.17, 15) is 4.79 Å². The topological polar surface area (TPSA) is 29.5 Å². The number of ether oxygens (including phenoxy) is 1. The molecule has 1 aliphatic carbocycles. The van der Waals surface area contributed by atoms with E-state index in [0.29, 0.717) is 6.54 Å². The third-order valence-electron chi connectivity index (χ3n) is 8.91. The number of allylic oxidation sites excluding steroid dienone is 1. The number of fused-ring (bicyclic) bond motifs is 2. The van der Waals surface area contributed by atoms with Gasteiger partial charge < -0.3 is 9.64 Å². The number of likely N-dealkylation sites (tertiary alicyclic amines) is 1. The van der Waals surface area contributed by atoms with Gasteiger partial charge >= 0.3 is 0 Å². The first-order chi connectivity index (χ1) is 20.2. The Balaban J connectivity index is 1.28. The molecule has 41 heavy (non-hydrogen) atoms. The van der Waals surface area contributed by atoms with Gasteiger partial charge in [-0.3, -0.25) is 4.79 Å². The lowest BCUT2D eigenvalue weighted by Gasteiger charge is -2.31. The lowest BCUT2D eigenvalue weighted by Crippen LogP contribution is -2.31. The SMILES string of the molecule is COc1ccc(-c2cccc([C@H]3CC=C[C@@H]4[C@@H]3C(=O)N(Cc3ccccc3)[C@H]4c3ccc4ccccc4c3)c2)cc1. The number of benzene rings is 5. The number of carbonyl (C=O) groups is 1. The zero-order valence-electron chi connectivity index (χ0n) is 23.2. The Morgan fingerprint density at radius 3 is 2.32 bits per heavy atom. The van der Waals surface area contributed by atoms with Crippen LogP contribution in [-0.4, -0.2) is 17.9 Å². The van der Waals surface area contributed by atoms with Gasteiger partial charge in [0.2, 0.25) is 5.91 Å². The van der Waals surface area contributed by atoms with Crippen molar-refractivity contribution >= 4 is 16.7 Å². The standard InChI is InChI=1S/C38H33NO2/c1-41-33-21-19-28(20-22-33)30-13-7-14-31(23-30)34-15-8-16-35-36(34)38(40)39(25-26-9-3-2-4-10-26)37(35)32-18-17-27-11-5-6-12-29(27)24-32/h2-14,16-24,34-37H,15,25H2,1H3/t34-,35-,36-,37+/m1/s1. The number of carbonyl (C=O) groups excluding carboxylic acids is 1. The van der Waals surface area contributed by atoms with Crippen molar-refractivity contribution in [2.24, 2.45) is 11.8 Å². The van der Waals surface area contributed by atoms with Gasteiger partial charge in [0.15, 0.2) is 0 Å². The quantitative estimate of drug-likeness (QED) is 0.204. The number of nitrogens with zero attached hydrogens (tertiary/aromatic N) is 1. The van der Waals surface area contributed by atoms with Gasteiger partial charge in [0.25, 0.3) is 0 Å². The highest BCUT2D eigenvalue weighted by atomic mass is 16.5. The minimum Gasteiger partial charge on any atom is -0.497 e. The Morgan fingerprint density at radius 1 is 0.732 bits per heavy atom. The summed E-state index contributed by atoms with van der Waals surface area (Å²) in [6, 6.07) is 42.5. The Kier molecular flexibility index (Phi) is 6.64. The first-order valence-electron chi connectivity index (χ1n) is 14.4. The van der Waals surface area contributed by atoms with Crippen molar-refractivity contribution in [3.8, 4) is 16.9 Å². The fraction of sp³-hybridized carbons (Fsp3) is 0.184. The number of amides is 1. The average Bonchev–Trinajstić information content (AvgIpc) is 3.32. The molecule has 0 aromatic heterocycles. The molecule has 1 amide bonds. The minimum absolute atomic E-state index is 0.0128. The Morgan fingerprint density at radius 2 is 1.51 bits per heavy atom. The molecule has 0 unspecified atom stereocenters. The van der Waals surface area contributed by atoms with Crippen LogP contribution in [0.25, 0.3) is 21.9 Å². The predicted octanol–water partition coefficient (Wildman–Crippen LogP) is 8.58. The van der Waals surface area contributed by atoms with Gasteiger partial charge in [-0.05, 0) is 69.1 Å². The van der Waals surface area contributed by atoms with Gasteiger partial charge in [0.05, 0.1) is 19.1 Å². The van der Waals surface area contributed by atoms with E-state index in [0.717, 1.165) is 28.9 Å². The van der Waals surface area contributed by atoms with Crippen molar-refractivity contribution in [1.29, 1.82) is 0 Å². The molecule has 5 aromatic rings. The van der Waals surface area contributed by atoms with Gasteiger partial charge in [0.1, 0.15) is 5.75 Å². The van der Waals surface area contributed by atoms with Crippen LogP contribution in [0.4, 0.5) is 0 Å². The van der Waals surface area contributed by atoms with Crippen molar-refractivity contribution in [3.63, 3.8) is 0 Å². The molecule has 1 fully saturated rings. The molecule has 1 heterocycles. The van der Waals surface area contributed by atoms with Gasteiger partial charge in [0, 0.05) is 12.5 Å². The molecule has 202 valence electrons. The van der Waals surface area contributed by atoms with Gasteiger partial charge in [-0.15, -0.1) is 0 Å². The highest BCUT2D eigenvalue weighted by Crippen LogP contribution is 2.52. The summed E-state index contributed by atoms with van der Waals surface area (Å²) in [6.45, 7) is 0.608. The summed E-state index contributed by atoms with van der Waals surface area (Å²) in [6.07, 6.45) is 5.49. The summed E-state index contributed by atoms with van der Waals surface area (Å²) in [7, 11) is 1.69. The molecule has 5 aromatic carbocycles. The second-order valence-corrected chi connectivity index (χ2v) is 11.2. The van der Waals surface area contributed by atoms with E-state index in [1.807, 2.05) is 18.2 Å². The minimum atomic E-state index is -0.105. The van der Waals surface area contributed by atoms with E-state index < -0.39 is 0 Å². The molecule has 4 atom stereocenters. The van der Waals surface area contributed by atoms with Crippen molar-refractivity contribution in [2.75, 3.05) is 7.11 Å². The second-order valence-electron chi connectivity index (χ2n) is 11.2. The van der Waals surface area contributed by atoms with Crippen LogP contribution in [0.1, 0.15) is 35.1 Å². The maximum atomic E-state index is 14.5. The van der Waals surface area contributed by atoms with Gasteiger partial charge in [-0.2, -0.15) is 0 Å². The molecule has 0 spiro atoms. The Labute approximate surface area is 241 Å². The highest BCUT2D eigenvalue weighted by Gasteiger charge is 2.51. The summed E-state index contributed by atoms with van der Waals surface area (Å²) in [5.74, 6) is 1.22. The molecular formula is C38H33NO2. The molecule has 3 nitrogen and oxygen atoms in total. The monoisotopic (exact) mass is 535 g/mol. The molecule has 0 bridgehead atoms. The molecule has 0 N–H and O–H groups in total. The molecule has 1 saturated heterocycles. The number of hydrogen-bond donors (Lipinski definition) is 0. The molecule has 2 aliphatic rings. The smallest absolute Gasteiger partial charge is 0.227 e. The van der Waals surface area contributed by atoms with Crippen molar-refractivity contribution in [1.82, 2.24) is 4.90 Å². The third kappa shape index (κ3) is 4.72. The Bertz CT molecular complexity index is 1720.